The summed E-state index contributed by atoms with van der Waals surface area (Å²) >= 11 is 1.66. The number of nitrogens with one attached hydrogen (secondary N) is 1. The van der Waals surface area contributed by atoms with Crippen LogP contribution >= 0.6 is 11.3 Å². The Hall–Kier alpha value is -2.81. The molecule has 30 heavy (non-hydrogen) atoms. The smallest absolute Gasteiger partial charge is 0.146 e. The first kappa shape index (κ1) is 20.5. The van der Waals surface area contributed by atoms with Crippen LogP contribution in [0.4, 0.5) is 11.5 Å². The van der Waals surface area contributed by atoms with Gasteiger partial charge in [-0.15, -0.1) is 11.3 Å². The molecule has 0 unspecified atom stereocenters. The minimum atomic E-state index is 0.686. The highest BCUT2D eigenvalue weighted by Gasteiger charge is 2.16. The van der Waals surface area contributed by atoms with Crippen LogP contribution in [0.25, 0.3) is 21.3 Å². The van der Waals surface area contributed by atoms with Gasteiger partial charge in [0.05, 0.1) is 30.4 Å². The average Bonchev–Trinajstić information content (AvgIpc) is 3.33. The van der Waals surface area contributed by atoms with E-state index in [4.69, 9.17) is 9.97 Å². The van der Waals surface area contributed by atoms with Crippen molar-refractivity contribution in [3.63, 3.8) is 0 Å². The van der Waals surface area contributed by atoms with Gasteiger partial charge in [0.15, 0.2) is 0 Å². The lowest BCUT2D eigenvalue weighted by atomic mass is 10.1. The topological polar surface area (TPSA) is 62.1 Å². The first-order valence-corrected chi connectivity index (χ1v) is 10.8. The largest absolute Gasteiger partial charge is 0.337 e. The Morgan fingerprint density at radius 1 is 1.03 bits per heavy atom. The van der Waals surface area contributed by atoms with Crippen molar-refractivity contribution in [1.82, 2.24) is 29.5 Å². The quantitative estimate of drug-likeness (QED) is 0.465. The van der Waals surface area contributed by atoms with Crippen LogP contribution in [0, 0.1) is 0 Å². The van der Waals surface area contributed by atoms with Crippen LogP contribution in [0.1, 0.15) is 5.82 Å². The molecule has 0 fully saturated rings. The summed E-state index contributed by atoms with van der Waals surface area (Å²) in [6.45, 7) is 2.47. The van der Waals surface area contributed by atoms with Gasteiger partial charge in [0, 0.05) is 23.7 Å². The summed E-state index contributed by atoms with van der Waals surface area (Å²) in [6, 6.07) is 10.4. The number of aromatic nitrogens is 4. The maximum absolute atomic E-state index is 4.88. The number of benzene rings is 1. The van der Waals surface area contributed by atoms with Gasteiger partial charge in [-0.2, -0.15) is 5.10 Å². The van der Waals surface area contributed by atoms with Gasteiger partial charge in [-0.1, -0.05) is 30.3 Å². The SMILES string of the molecule is CN(C)CCn1cc(Nc2nc(CN(C)C)nc3scc(-c4ccccc4)c23)cn1. The number of fused-ring (bicyclic) bond motifs is 1. The van der Waals surface area contributed by atoms with Crippen LogP contribution in [-0.4, -0.2) is 64.3 Å². The fraction of sp³-hybridized carbons (Fsp3) is 0.318. The van der Waals surface area contributed by atoms with Gasteiger partial charge in [-0.25, -0.2) is 9.97 Å². The summed E-state index contributed by atoms with van der Waals surface area (Å²) in [5.74, 6) is 1.63. The van der Waals surface area contributed by atoms with E-state index in [-0.39, 0.29) is 0 Å². The fourth-order valence-electron chi connectivity index (χ4n) is 3.25. The maximum atomic E-state index is 4.88. The normalized spacial score (nSPS) is 11.7. The van der Waals surface area contributed by atoms with Gasteiger partial charge < -0.3 is 15.1 Å². The molecule has 0 saturated heterocycles. The van der Waals surface area contributed by atoms with Gasteiger partial charge >= 0.3 is 0 Å². The van der Waals surface area contributed by atoms with Gasteiger partial charge in [0.25, 0.3) is 0 Å². The minimum Gasteiger partial charge on any atom is -0.337 e. The number of thiophene rings is 1. The summed E-state index contributed by atoms with van der Waals surface area (Å²) in [4.78, 5) is 14.9. The molecule has 3 heterocycles. The molecule has 4 rings (SSSR count). The van der Waals surface area contributed by atoms with Crippen molar-refractivity contribution in [3.05, 3.63) is 53.9 Å². The summed E-state index contributed by atoms with van der Waals surface area (Å²) < 4.78 is 1.95. The Morgan fingerprint density at radius 2 is 1.83 bits per heavy atom. The minimum absolute atomic E-state index is 0.686. The number of hydrogen-bond acceptors (Lipinski definition) is 7. The lowest BCUT2D eigenvalue weighted by molar-refractivity contribution is 0.373. The highest BCUT2D eigenvalue weighted by Crippen LogP contribution is 2.37. The first-order valence-electron chi connectivity index (χ1n) is 9.92. The standard InChI is InChI=1S/C22H27N7S/c1-27(2)10-11-29-13-17(12-23-29)24-21-20-18(16-8-6-5-7-9-16)15-30-22(20)26-19(25-21)14-28(3)4/h5-9,12-13,15H,10-11,14H2,1-4H3,(H,24,25,26). The second kappa shape index (κ2) is 8.91. The molecule has 8 heteroatoms. The predicted molar refractivity (Wildman–Crippen MR) is 124 cm³/mol. The van der Waals surface area contributed by atoms with Gasteiger partial charge in [-0.05, 0) is 33.8 Å². The molecule has 4 aromatic rings. The van der Waals surface area contributed by atoms with Crippen molar-refractivity contribution in [2.75, 3.05) is 40.1 Å². The Balaban J connectivity index is 1.73. The number of hydrogen-bond donors (Lipinski definition) is 1. The van der Waals surface area contributed by atoms with Crippen LogP contribution in [0.2, 0.25) is 0 Å². The van der Waals surface area contributed by atoms with Crippen molar-refractivity contribution in [2.45, 2.75) is 13.1 Å². The third kappa shape index (κ3) is 4.67. The van der Waals surface area contributed by atoms with E-state index in [0.29, 0.717) is 6.54 Å². The van der Waals surface area contributed by atoms with Crippen LogP contribution in [0.3, 0.4) is 0 Å². The van der Waals surface area contributed by atoms with E-state index in [2.05, 4.69) is 64.0 Å². The molecule has 156 valence electrons. The summed E-state index contributed by atoms with van der Waals surface area (Å²) in [7, 11) is 8.18. The van der Waals surface area contributed by atoms with Gasteiger partial charge in [0.2, 0.25) is 0 Å². The van der Waals surface area contributed by atoms with Crippen LogP contribution in [0.5, 0.6) is 0 Å². The Bertz CT molecular complexity index is 1120. The van der Waals surface area contributed by atoms with Crippen molar-refractivity contribution >= 4 is 33.1 Å². The molecule has 0 atom stereocenters. The second-order valence-electron chi connectivity index (χ2n) is 7.84. The van der Waals surface area contributed by atoms with E-state index in [1.165, 1.54) is 0 Å². The van der Waals surface area contributed by atoms with Crippen molar-refractivity contribution < 1.29 is 0 Å². The maximum Gasteiger partial charge on any atom is 0.146 e. The zero-order chi connectivity index (χ0) is 21.1. The van der Waals surface area contributed by atoms with Crippen molar-refractivity contribution in [1.29, 1.82) is 0 Å². The van der Waals surface area contributed by atoms with Gasteiger partial charge in [-0.3, -0.25) is 4.68 Å². The van der Waals surface area contributed by atoms with Crippen LogP contribution in [-0.2, 0) is 13.1 Å². The van der Waals surface area contributed by atoms with E-state index >= 15 is 0 Å². The monoisotopic (exact) mass is 421 g/mol. The summed E-state index contributed by atoms with van der Waals surface area (Å²) in [6.07, 6.45) is 3.88. The molecular weight excluding hydrogens is 394 g/mol. The molecule has 7 nitrogen and oxygen atoms in total. The van der Waals surface area contributed by atoms with E-state index in [9.17, 15) is 0 Å². The van der Waals surface area contributed by atoms with Crippen LogP contribution in [0.15, 0.2) is 48.1 Å². The Kier molecular flexibility index (Phi) is 6.08. The summed E-state index contributed by atoms with van der Waals surface area (Å²) in [5, 5.41) is 11.2. The van der Waals surface area contributed by atoms with E-state index in [1.54, 1.807) is 11.3 Å². The molecule has 0 aliphatic rings. The molecule has 1 aromatic carbocycles. The Morgan fingerprint density at radius 3 is 2.57 bits per heavy atom. The number of rotatable bonds is 8. The van der Waals surface area contributed by atoms with Crippen molar-refractivity contribution in [2.24, 2.45) is 0 Å². The highest BCUT2D eigenvalue weighted by atomic mass is 32.1. The van der Waals surface area contributed by atoms with Gasteiger partial charge in [0.1, 0.15) is 16.5 Å². The molecule has 1 N–H and O–H groups in total. The lowest BCUT2D eigenvalue weighted by Crippen LogP contribution is -2.18. The molecule has 0 radical (unpaired) electrons. The molecule has 0 aliphatic carbocycles. The molecule has 0 amide bonds. The van der Waals surface area contributed by atoms with Crippen LogP contribution < -0.4 is 5.32 Å². The molecule has 3 aromatic heterocycles. The van der Waals surface area contributed by atoms with E-state index in [0.717, 1.165) is 51.8 Å². The third-order valence-electron chi connectivity index (χ3n) is 4.69. The lowest BCUT2D eigenvalue weighted by Gasteiger charge is -2.12. The van der Waals surface area contributed by atoms with E-state index < -0.39 is 0 Å². The van der Waals surface area contributed by atoms with E-state index in [1.807, 2.05) is 37.2 Å². The Labute approximate surface area is 181 Å². The summed E-state index contributed by atoms with van der Waals surface area (Å²) in [5.41, 5.74) is 3.24. The molecule has 0 bridgehead atoms. The predicted octanol–water partition coefficient (Wildman–Crippen LogP) is 3.92. The molecule has 0 spiro atoms. The zero-order valence-electron chi connectivity index (χ0n) is 17.8. The zero-order valence-corrected chi connectivity index (χ0v) is 18.6. The van der Waals surface area contributed by atoms with Crippen molar-refractivity contribution in [3.8, 4) is 11.1 Å². The molecule has 0 saturated carbocycles. The third-order valence-corrected chi connectivity index (χ3v) is 5.57. The first-order chi connectivity index (χ1) is 14.5. The second-order valence-corrected chi connectivity index (χ2v) is 8.70. The number of nitrogens with zero attached hydrogens (tertiary/aromatic N) is 6. The highest BCUT2D eigenvalue weighted by molar-refractivity contribution is 7.17. The fourth-order valence-corrected chi connectivity index (χ4v) is 4.22. The number of likely N-dealkylation sites (N-methyl/N-ethyl adjacent to an activating group) is 1. The average molecular weight is 422 g/mol. The molecule has 0 aliphatic heterocycles. The number of anilines is 2. The molecular formula is C22H27N7S.